The van der Waals surface area contributed by atoms with Gasteiger partial charge in [0.2, 0.25) is 0 Å². The van der Waals surface area contributed by atoms with E-state index in [0.29, 0.717) is 10.8 Å². The molecule has 13 heavy (non-hydrogen) atoms. The van der Waals surface area contributed by atoms with E-state index in [9.17, 15) is 0 Å². The summed E-state index contributed by atoms with van der Waals surface area (Å²) in [6.45, 7) is 7.04. The van der Waals surface area contributed by atoms with Crippen LogP contribution in [0.4, 0.5) is 0 Å². The van der Waals surface area contributed by atoms with Gasteiger partial charge in [-0.05, 0) is 37.0 Å². The maximum absolute atomic E-state index is 6.17. The van der Waals surface area contributed by atoms with E-state index in [0.717, 1.165) is 5.92 Å². The summed E-state index contributed by atoms with van der Waals surface area (Å²) in [5.74, 6) is 0.923. The van der Waals surface area contributed by atoms with Gasteiger partial charge in [0.05, 0.1) is 0 Å². The van der Waals surface area contributed by atoms with E-state index in [2.05, 4.69) is 20.8 Å². The third-order valence-electron chi connectivity index (χ3n) is 3.71. The molecule has 0 heterocycles. The molecule has 2 unspecified atom stereocenters. The van der Waals surface area contributed by atoms with Gasteiger partial charge < -0.3 is 0 Å². The molecular formula is C12H23Cl. The molecule has 1 saturated carbocycles. The van der Waals surface area contributed by atoms with Gasteiger partial charge in [0.25, 0.3) is 0 Å². The van der Waals surface area contributed by atoms with Gasteiger partial charge in [-0.25, -0.2) is 0 Å². The molecule has 1 fully saturated rings. The van der Waals surface area contributed by atoms with Gasteiger partial charge in [-0.2, -0.15) is 0 Å². The molecular weight excluding hydrogens is 180 g/mol. The van der Waals surface area contributed by atoms with Crippen molar-refractivity contribution in [3.8, 4) is 0 Å². The lowest BCUT2D eigenvalue weighted by atomic mass is 9.78. The average Bonchev–Trinajstić information content (AvgIpc) is 2.43. The third-order valence-corrected chi connectivity index (χ3v) is 4.08. The van der Waals surface area contributed by atoms with E-state index in [4.69, 9.17) is 11.6 Å². The highest BCUT2D eigenvalue weighted by molar-refractivity contribution is 6.20. The van der Waals surface area contributed by atoms with Crippen LogP contribution in [-0.4, -0.2) is 5.38 Å². The molecule has 0 saturated heterocycles. The second kappa shape index (κ2) is 4.68. The highest BCUT2D eigenvalue weighted by Gasteiger charge is 2.35. The average molecular weight is 203 g/mol. The molecule has 0 bridgehead atoms. The molecule has 0 amide bonds. The first kappa shape index (κ1) is 11.4. The van der Waals surface area contributed by atoms with Crippen LogP contribution in [0.2, 0.25) is 0 Å². The van der Waals surface area contributed by atoms with Gasteiger partial charge in [-0.1, -0.05) is 33.6 Å². The summed E-state index contributed by atoms with van der Waals surface area (Å²) in [6.07, 6.45) is 7.88. The normalized spacial score (nSPS) is 34.4. The van der Waals surface area contributed by atoms with Crippen LogP contribution in [0.25, 0.3) is 0 Å². The van der Waals surface area contributed by atoms with Crippen molar-refractivity contribution in [2.45, 2.75) is 64.7 Å². The summed E-state index contributed by atoms with van der Waals surface area (Å²) in [5, 5.41) is 0.458. The van der Waals surface area contributed by atoms with Crippen molar-refractivity contribution in [1.29, 1.82) is 0 Å². The van der Waals surface area contributed by atoms with Crippen molar-refractivity contribution in [3.05, 3.63) is 0 Å². The smallest absolute Gasteiger partial charge is 0.0341 e. The lowest BCUT2D eigenvalue weighted by Gasteiger charge is -2.28. The van der Waals surface area contributed by atoms with Crippen LogP contribution in [0.3, 0.4) is 0 Å². The molecule has 0 spiro atoms. The van der Waals surface area contributed by atoms with Crippen LogP contribution in [0.15, 0.2) is 0 Å². The maximum atomic E-state index is 6.17. The van der Waals surface area contributed by atoms with Crippen molar-refractivity contribution in [2.75, 3.05) is 0 Å². The molecule has 2 atom stereocenters. The Labute approximate surface area is 88.1 Å². The Bertz CT molecular complexity index is 151. The first-order valence-electron chi connectivity index (χ1n) is 5.73. The van der Waals surface area contributed by atoms with Crippen molar-refractivity contribution in [1.82, 2.24) is 0 Å². The van der Waals surface area contributed by atoms with E-state index in [1.807, 2.05) is 0 Å². The number of alkyl halides is 1. The van der Waals surface area contributed by atoms with Crippen LogP contribution in [0.1, 0.15) is 59.3 Å². The summed E-state index contributed by atoms with van der Waals surface area (Å²) >= 11 is 6.17. The zero-order valence-electron chi connectivity index (χ0n) is 9.28. The summed E-state index contributed by atoms with van der Waals surface area (Å²) in [4.78, 5) is 0. The molecule has 0 N–H and O–H groups in total. The van der Waals surface area contributed by atoms with E-state index in [1.165, 1.54) is 38.5 Å². The van der Waals surface area contributed by atoms with Crippen molar-refractivity contribution >= 4 is 11.6 Å². The van der Waals surface area contributed by atoms with Gasteiger partial charge in [0.15, 0.2) is 0 Å². The van der Waals surface area contributed by atoms with Gasteiger partial charge in [-0.3, -0.25) is 0 Å². The lowest BCUT2D eigenvalue weighted by molar-refractivity contribution is 0.238. The molecule has 0 aromatic carbocycles. The fourth-order valence-electron chi connectivity index (χ4n) is 2.70. The molecule has 78 valence electrons. The Kier molecular flexibility index (Phi) is 4.09. The molecule has 0 aliphatic heterocycles. The van der Waals surface area contributed by atoms with Crippen LogP contribution in [-0.2, 0) is 0 Å². The second-order valence-electron chi connectivity index (χ2n) is 5.04. The number of halogens is 1. The Morgan fingerprint density at radius 1 is 1.38 bits per heavy atom. The van der Waals surface area contributed by atoms with Crippen molar-refractivity contribution in [3.63, 3.8) is 0 Å². The SMILES string of the molecule is CCC(CC)CC1(C)CCC(Cl)C1. The Hall–Kier alpha value is 0.290. The highest BCUT2D eigenvalue weighted by Crippen LogP contribution is 2.45. The zero-order chi connectivity index (χ0) is 9.90. The predicted octanol–water partition coefficient (Wildman–Crippen LogP) is 4.61. The quantitative estimate of drug-likeness (QED) is 0.584. The van der Waals surface area contributed by atoms with Gasteiger partial charge in [0.1, 0.15) is 0 Å². The first-order valence-corrected chi connectivity index (χ1v) is 6.17. The van der Waals surface area contributed by atoms with Crippen molar-refractivity contribution in [2.24, 2.45) is 11.3 Å². The largest absolute Gasteiger partial charge is 0.123 e. The summed E-state index contributed by atoms with van der Waals surface area (Å²) in [5.41, 5.74) is 0.559. The highest BCUT2D eigenvalue weighted by atomic mass is 35.5. The third kappa shape index (κ3) is 3.16. The van der Waals surface area contributed by atoms with Crippen LogP contribution < -0.4 is 0 Å². The molecule has 1 aliphatic rings. The van der Waals surface area contributed by atoms with E-state index in [1.54, 1.807) is 0 Å². The molecule has 1 heteroatoms. The molecule has 0 nitrogen and oxygen atoms in total. The van der Waals surface area contributed by atoms with Gasteiger partial charge in [-0.15, -0.1) is 11.6 Å². The monoisotopic (exact) mass is 202 g/mol. The van der Waals surface area contributed by atoms with Crippen LogP contribution >= 0.6 is 11.6 Å². The van der Waals surface area contributed by atoms with E-state index >= 15 is 0 Å². The molecule has 1 aliphatic carbocycles. The van der Waals surface area contributed by atoms with Gasteiger partial charge >= 0.3 is 0 Å². The fraction of sp³-hybridized carbons (Fsp3) is 1.00. The maximum Gasteiger partial charge on any atom is 0.0341 e. The Morgan fingerprint density at radius 2 is 2.00 bits per heavy atom. The fourth-order valence-corrected chi connectivity index (χ4v) is 3.19. The summed E-state index contributed by atoms with van der Waals surface area (Å²) in [7, 11) is 0. The minimum absolute atomic E-state index is 0.458. The van der Waals surface area contributed by atoms with Gasteiger partial charge in [0, 0.05) is 5.38 Å². The number of rotatable bonds is 4. The molecule has 0 aromatic rings. The molecule has 0 aromatic heterocycles. The van der Waals surface area contributed by atoms with Crippen LogP contribution in [0, 0.1) is 11.3 Å². The summed E-state index contributed by atoms with van der Waals surface area (Å²) in [6, 6.07) is 0. The minimum Gasteiger partial charge on any atom is -0.123 e. The van der Waals surface area contributed by atoms with E-state index < -0.39 is 0 Å². The minimum atomic E-state index is 0.458. The number of hydrogen-bond donors (Lipinski definition) is 0. The zero-order valence-corrected chi connectivity index (χ0v) is 10.0. The molecule has 0 radical (unpaired) electrons. The topological polar surface area (TPSA) is 0 Å². The predicted molar refractivity (Wildman–Crippen MR) is 60.3 cm³/mol. The Balaban J connectivity index is 2.42. The number of hydrogen-bond acceptors (Lipinski definition) is 0. The second-order valence-corrected chi connectivity index (χ2v) is 5.65. The Morgan fingerprint density at radius 3 is 2.38 bits per heavy atom. The van der Waals surface area contributed by atoms with Crippen molar-refractivity contribution < 1.29 is 0 Å². The standard InChI is InChI=1S/C12H23Cl/c1-4-10(5-2)8-12(3)7-6-11(13)9-12/h10-11H,4-9H2,1-3H3. The van der Waals surface area contributed by atoms with E-state index in [-0.39, 0.29) is 0 Å². The summed E-state index contributed by atoms with van der Waals surface area (Å²) < 4.78 is 0. The first-order chi connectivity index (χ1) is 6.09. The lowest BCUT2D eigenvalue weighted by Crippen LogP contribution is -2.17. The van der Waals surface area contributed by atoms with Crippen LogP contribution in [0.5, 0.6) is 0 Å². The molecule has 1 rings (SSSR count).